The molecule has 4 aromatic carbocycles. The second-order valence-electron chi connectivity index (χ2n) is 17.8. The molecule has 30 heteroatoms. The van der Waals surface area contributed by atoms with Gasteiger partial charge in [0.25, 0.3) is 5.56 Å². The van der Waals surface area contributed by atoms with Crippen LogP contribution >= 0.6 is 80.6 Å². The molecule has 4 aromatic heterocycles. The summed E-state index contributed by atoms with van der Waals surface area (Å²) in [5.74, 6) is 1.25. The number of allylic oxidation sites excluding steroid dienone is 1. The minimum absolute atomic E-state index is 0.0558. The molecule has 0 spiro atoms. The summed E-state index contributed by atoms with van der Waals surface area (Å²) in [4.78, 5) is 69.3. The van der Waals surface area contributed by atoms with E-state index in [1.54, 1.807) is 24.3 Å². The molecule has 0 amide bonds. The number of halogens is 6. The highest BCUT2D eigenvalue weighted by Crippen LogP contribution is 2.29. The molecule has 0 unspecified atom stereocenters. The number of hydrogen-bond acceptors (Lipinski definition) is 21. The van der Waals surface area contributed by atoms with Crippen LogP contribution < -0.4 is 46.4 Å². The topological polar surface area (TPSA) is 316 Å². The summed E-state index contributed by atoms with van der Waals surface area (Å²) >= 11 is 31.9. The Balaban J connectivity index is 0.000000204. The third-order valence-electron chi connectivity index (χ3n) is 11.7. The maximum absolute atomic E-state index is 11.6. The first-order chi connectivity index (χ1) is 42.5. The Labute approximate surface area is 550 Å². The Bertz CT molecular complexity index is 3900. The lowest BCUT2D eigenvalue weighted by atomic mass is 10.2. The van der Waals surface area contributed by atoms with E-state index in [2.05, 4.69) is 110 Å². The van der Waals surface area contributed by atoms with E-state index in [4.69, 9.17) is 82.4 Å². The maximum atomic E-state index is 11.6. The molecule has 468 valence electrons. The van der Waals surface area contributed by atoms with Gasteiger partial charge >= 0.3 is 11.9 Å². The molecule has 24 nitrogen and oxygen atoms in total. The summed E-state index contributed by atoms with van der Waals surface area (Å²) in [7, 11) is 6.92. The Hall–Kier alpha value is -8.41. The number of guanidine groups is 1. The van der Waals surface area contributed by atoms with E-state index in [0.717, 1.165) is 50.7 Å². The number of carbonyl (C=O) groups is 2. The minimum Gasteiger partial charge on any atom is -0.481 e. The summed E-state index contributed by atoms with van der Waals surface area (Å²) in [6.45, 7) is 11.1. The van der Waals surface area contributed by atoms with Crippen LogP contribution in [0, 0.1) is 27.7 Å². The van der Waals surface area contributed by atoms with E-state index < -0.39 is 11.9 Å². The molecule has 0 saturated carbocycles. The molecular formula is C59H60Cl5IN14O10. The van der Waals surface area contributed by atoms with Crippen molar-refractivity contribution in [3.8, 4) is 17.6 Å². The lowest BCUT2D eigenvalue weighted by molar-refractivity contribution is 0.0585. The van der Waals surface area contributed by atoms with Gasteiger partial charge in [-0.25, -0.2) is 34.5 Å². The van der Waals surface area contributed by atoms with Gasteiger partial charge < -0.3 is 60.5 Å². The number of methoxy groups -OCH3 is 5. The lowest BCUT2D eigenvalue weighted by Gasteiger charge is -2.19. The van der Waals surface area contributed by atoms with Gasteiger partial charge in [-0.05, 0) is 116 Å². The van der Waals surface area contributed by atoms with E-state index in [-0.39, 0.29) is 53.2 Å². The molecule has 89 heavy (non-hydrogen) atoms. The van der Waals surface area contributed by atoms with E-state index in [9.17, 15) is 14.4 Å². The van der Waals surface area contributed by atoms with Gasteiger partial charge in [0.2, 0.25) is 46.7 Å². The van der Waals surface area contributed by atoms with Crippen LogP contribution in [-0.4, -0.2) is 110 Å². The monoisotopic (exact) mass is 1430 g/mol. The Morgan fingerprint density at radius 1 is 0.573 bits per heavy atom. The van der Waals surface area contributed by atoms with E-state index in [1.165, 1.54) is 53.7 Å². The number of carbonyl (C=O) groups excluding carboxylic acids is 2. The number of aliphatic imine (C=N–C) groups is 1. The number of rotatable bonds is 15. The zero-order valence-electron chi connectivity index (χ0n) is 49.1. The van der Waals surface area contributed by atoms with Gasteiger partial charge in [-0.3, -0.25) is 9.78 Å². The number of ether oxygens (including phenoxy) is 5. The van der Waals surface area contributed by atoms with Crippen molar-refractivity contribution in [3.05, 3.63) is 202 Å². The van der Waals surface area contributed by atoms with Gasteiger partial charge in [0.05, 0.1) is 65.8 Å². The summed E-state index contributed by atoms with van der Waals surface area (Å²) < 4.78 is 24.7. The predicted octanol–water partition coefficient (Wildman–Crippen LogP) is 12.2. The predicted molar refractivity (Wildman–Crippen MR) is 354 cm³/mol. The Morgan fingerprint density at radius 3 is 1.54 bits per heavy atom. The second-order valence-corrected chi connectivity index (χ2v) is 20.6. The molecule has 1 aliphatic rings. The summed E-state index contributed by atoms with van der Waals surface area (Å²) in [6.07, 6.45) is 1.73. The third kappa shape index (κ3) is 22.0. The smallest absolute Gasteiger partial charge is 0.357 e. The minimum atomic E-state index is -0.581. The fourth-order valence-electron chi connectivity index (χ4n) is 7.05. The van der Waals surface area contributed by atoms with Crippen molar-refractivity contribution in [1.29, 1.82) is 0 Å². The number of H-pyrrole nitrogens is 1. The number of hydrogen-bond donors (Lipinski definition) is 8. The van der Waals surface area contributed by atoms with E-state index in [1.807, 2.05) is 88.4 Å². The van der Waals surface area contributed by atoms with Crippen LogP contribution in [0.4, 0.5) is 40.6 Å². The van der Waals surface area contributed by atoms with E-state index in [0.29, 0.717) is 65.3 Å². The van der Waals surface area contributed by atoms with Crippen molar-refractivity contribution in [2.45, 2.75) is 38.7 Å². The number of aromatic nitrogens is 8. The molecule has 0 aliphatic carbocycles. The van der Waals surface area contributed by atoms with Crippen molar-refractivity contribution in [3.63, 3.8) is 0 Å². The van der Waals surface area contributed by atoms with Gasteiger partial charge in [0.15, 0.2) is 11.4 Å². The molecular weight excluding hydrogens is 1370 g/mol. The molecule has 9 rings (SSSR count). The number of anilines is 6. The standard InChI is InChI=1S/C14H14ClN3O3.C13H14ClN3O2.C13H14ClN3O.C12H11ClIN3O.C7H7ClN2O3/c1-8-9(15)5-4-6-10(8)16-14-17-11(13(19)21-3)7-12(18-14)20-2;1-8-10(14)4-3-5-11(8)16-13-15-9(7-18)6-12(17-13)19-2;1-8-6-10(7-18)16-13(15-8)17-12-5-3-4-11(14)9(12)2;1-7-9(13)3-2-4-10(7)16-12-15-8(6-14)5-11(18)17-12;1-12-5-3-4(6(11)13-2)9-7(8)10-5/h4-7H,1-3H3,(H,16,17,18);3-6,18H,7H2,1-2H3,(H,15,16,17);3-6,18H,1,7H2,2H3,(H2,15,16,17);2-5H,6H2,1H3,(H2,15,16,17,18);3H,1-2H3. The summed E-state index contributed by atoms with van der Waals surface area (Å²) in [6, 6.07) is 27.9. The molecule has 8 aromatic rings. The van der Waals surface area contributed by atoms with Crippen molar-refractivity contribution in [2.75, 3.05) is 58.1 Å². The number of aliphatic hydroxyl groups excluding tert-OH is 2. The van der Waals surface area contributed by atoms with Crippen LogP contribution in [-0.2, 0) is 20.5 Å². The van der Waals surface area contributed by atoms with Crippen molar-refractivity contribution < 1.29 is 43.5 Å². The average molecular weight is 1430 g/mol. The van der Waals surface area contributed by atoms with Crippen LogP contribution in [0.2, 0.25) is 25.4 Å². The zero-order valence-corrected chi connectivity index (χ0v) is 55.1. The number of nitrogens with one attached hydrogen (secondary N) is 6. The molecule has 1 aliphatic heterocycles. The zero-order chi connectivity index (χ0) is 65.3. The number of aliphatic hydroxyl groups is 2. The van der Waals surface area contributed by atoms with Crippen molar-refractivity contribution in [1.82, 2.24) is 50.5 Å². The van der Waals surface area contributed by atoms with Crippen LogP contribution in [0.15, 0.2) is 131 Å². The number of esters is 2. The SMILES string of the molecule is C=C1C=C(CO)NC(=Nc2cccc(Cl)c2C)N1.COC(=O)c1cc(OC)nc(Cl)n1.COC(=O)c1cc(OC)nc(Nc2cccc(Cl)c2C)n1.COc1cc(CO)nc(Nc2cccc(Cl)c2C)n1.Cc1c(Cl)cccc1Nc1nc(CI)cc(=O)[nH]1. The summed E-state index contributed by atoms with van der Waals surface area (Å²) in [5, 5.41) is 36.0. The van der Waals surface area contributed by atoms with Crippen LogP contribution in [0.3, 0.4) is 0 Å². The quantitative estimate of drug-likeness (QED) is 0.0205. The van der Waals surface area contributed by atoms with Gasteiger partial charge in [-0.2, -0.15) is 15.0 Å². The molecule has 0 bridgehead atoms. The van der Waals surface area contributed by atoms with Gasteiger partial charge in [-0.15, -0.1) is 0 Å². The van der Waals surface area contributed by atoms with Crippen molar-refractivity contribution in [2.24, 2.45) is 4.99 Å². The number of alkyl halides is 1. The Kier molecular flexibility index (Phi) is 28.5. The first-order valence-electron chi connectivity index (χ1n) is 25.9. The lowest BCUT2D eigenvalue weighted by Crippen LogP contribution is -2.40. The molecule has 0 saturated heterocycles. The van der Waals surface area contributed by atoms with E-state index >= 15 is 0 Å². The average Bonchev–Trinajstić information content (AvgIpc) is 3.72. The Morgan fingerprint density at radius 2 is 1.04 bits per heavy atom. The molecule has 8 N–H and O–H groups in total. The fraction of sp³-hybridized carbons (Fsp3) is 0.203. The second kappa shape index (κ2) is 35.6. The van der Waals surface area contributed by atoms with Gasteiger partial charge in [0, 0.05) is 77.2 Å². The maximum Gasteiger partial charge on any atom is 0.357 e. The highest BCUT2D eigenvalue weighted by atomic mass is 127. The molecule has 0 fully saturated rings. The normalized spacial score (nSPS) is 11.5. The molecule has 0 radical (unpaired) electrons. The first kappa shape index (κ1) is 71.3. The number of benzene rings is 4. The van der Waals surface area contributed by atoms with Crippen molar-refractivity contribution >= 4 is 139 Å². The first-order valence-corrected chi connectivity index (χ1v) is 29.3. The third-order valence-corrected chi connectivity index (χ3v) is 14.3. The van der Waals surface area contributed by atoms with Crippen LogP contribution in [0.5, 0.6) is 17.6 Å². The molecule has 5 heterocycles. The van der Waals surface area contributed by atoms with Gasteiger partial charge in [-0.1, -0.05) is 99.8 Å². The van der Waals surface area contributed by atoms with Gasteiger partial charge in [0.1, 0.15) is 0 Å². The number of nitrogens with zero attached hydrogens (tertiary/aromatic N) is 8. The fourth-order valence-corrected chi connectivity index (χ4v) is 8.31. The van der Waals surface area contributed by atoms with Crippen LogP contribution in [0.1, 0.15) is 54.6 Å². The highest BCUT2D eigenvalue weighted by Gasteiger charge is 2.16. The largest absolute Gasteiger partial charge is 0.481 e. The number of aromatic amines is 1. The van der Waals surface area contributed by atoms with Crippen LogP contribution in [0.25, 0.3) is 0 Å². The molecule has 0 atom stereocenters. The summed E-state index contributed by atoms with van der Waals surface area (Å²) in [5.41, 5.74) is 9.28. The highest BCUT2D eigenvalue weighted by molar-refractivity contribution is 14.1.